The van der Waals surface area contributed by atoms with Crippen molar-refractivity contribution in [3.8, 4) is 0 Å². The largest absolute Gasteiger partial charge is 0.458 e. The molecule has 162 valence electrons. The molecule has 7 nitrogen and oxygen atoms in total. The maximum Gasteiger partial charge on any atom is 0.334 e. The monoisotopic (exact) mass is 408 g/mol. The van der Waals surface area contributed by atoms with Crippen molar-refractivity contribution in [2.24, 2.45) is 5.92 Å². The fourth-order valence-electron chi connectivity index (χ4n) is 4.45. The Morgan fingerprint density at radius 1 is 1.24 bits per heavy atom. The van der Waals surface area contributed by atoms with Crippen molar-refractivity contribution in [3.05, 3.63) is 24.3 Å². The van der Waals surface area contributed by atoms with Gasteiger partial charge in [0.1, 0.15) is 17.3 Å². The van der Waals surface area contributed by atoms with Crippen molar-refractivity contribution < 1.29 is 33.9 Å². The minimum absolute atomic E-state index is 0.0274. The van der Waals surface area contributed by atoms with Crippen molar-refractivity contribution >= 4 is 11.9 Å². The molecule has 2 bridgehead atoms. The number of hydrogen-bond acceptors (Lipinski definition) is 7. The van der Waals surface area contributed by atoms with Crippen molar-refractivity contribution in [1.82, 2.24) is 0 Å². The van der Waals surface area contributed by atoms with Crippen LogP contribution in [0.3, 0.4) is 0 Å². The minimum atomic E-state index is -0.988. The van der Waals surface area contributed by atoms with Crippen molar-refractivity contribution in [1.29, 1.82) is 0 Å². The molecule has 1 N–H and O–H groups in total. The Balaban J connectivity index is 1.95. The highest BCUT2D eigenvalue weighted by atomic mass is 17.1. The Morgan fingerprint density at radius 2 is 1.97 bits per heavy atom. The highest BCUT2D eigenvalue weighted by Gasteiger charge is 2.53. The van der Waals surface area contributed by atoms with E-state index in [-0.39, 0.29) is 17.6 Å². The summed E-state index contributed by atoms with van der Waals surface area (Å²) in [6.45, 7) is 10.9. The van der Waals surface area contributed by atoms with Gasteiger partial charge < -0.3 is 14.2 Å². The van der Waals surface area contributed by atoms with E-state index in [0.717, 1.165) is 0 Å². The number of ether oxygens (including phenoxy) is 3. The average molecular weight is 408 g/mol. The Labute approximate surface area is 172 Å². The molecule has 0 amide bonds. The predicted octanol–water partition coefficient (Wildman–Crippen LogP) is 3.72. The number of hydrogen-bond donors (Lipinski definition) is 1. The van der Waals surface area contributed by atoms with Crippen molar-refractivity contribution in [3.63, 3.8) is 0 Å². The van der Waals surface area contributed by atoms with Crippen LogP contribution in [0.15, 0.2) is 24.3 Å². The summed E-state index contributed by atoms with van der Waals surface area (Å²) in [6, 6.07) is 0. The first-order valence-corrected chi connectivity index (χ1v) is 10.3. The van der Waals surface area contributed by atoms with Gasteiger partial charge in [0, 0.05) is 12.5 Å². The summed E-state index contributed by atoms with van der Waals surface area (Å²) in [6.07, 6.45) is 6.46. The van der Waals surface area contributed by atoms with E-state index >= 15 is 0 Å². The molecule has 0 aromatic carbocycles. The highest BCUT2D eigenvalue weighted by molar-refractivity contribution is 5.89. The zero-order valence-corrected chi connectivity index (χ0v) is 17.7. The molecule has 2 fully saturated rings. The smallest absolute Gasteiger partial charge is 0.334 e. The third-order valence-electron chi connectivity index (χ3n) is 6.70. The topological polar surface area (TPSA) is 94.6 Å². The molecule has 0 saturated carbocycles. The summed E-state index contributed by atoms with van der Waals surface area (Å²) in [7, 11) is 0. The lowest BCUT2D eigenvalue weighted by atomic mass is 9.82. The maximum atomic E-state index is 12.8. The van der Waals surface area contributed by atoms with E-state index < -0.39 is 29.2 Å². The molecule has 0 unspecified atom stereocenters. The van der Waals surface area contributed by atoms with E-state index in [2.05, 4.69) is 6.58 Å². The summed E-state index contributed by atoms with van der Waals surface area (Å²) < 4.78 is 17.3. The van der Waals surface area contributed by atoms with Crippen molar-refractivity contribution in [2.75, 3.05) is 0 Å². The normalized spacial score (nSPS) is 44.1. The Hall–Kier alpha value is -1.70. The van der Waals surface area contributed by atoms with E-state index in [4.69, 9.17) is 19.1 Å². The molecule has 2 saturated heterocycles. The Morgan fingerprint density at radius 3 is 2.62 bits per heavy atom. The van der Waals surface area contributed by atoms with E-state index in [1.807, 2.05) is 19.1 Å². The SMILES string of the molecule is C=C1C(=O)O[C@]2(C)CC[C@@H]1C[C@H]1O[C@@]1(C)C/C=C\[C@](C)(OO)CC[C@H]2OC(C)=O. The molecule has 3 rings (SSSR count). The van der Waals surface area contributed by atoms with E-state index in [1.165, 1.54) is 6.92 Å². The van der Waals surface area contributed by atoms with Gasteiger partial charge in [-0.25, -0.2) is 9.68 Å². The average Bonchev–Trinajstić information content (AvgIpc) is 3.31. The van der Waals surface area contributed by atoms with Gasteiger partial charge in [-0.2, -0.15) is 0 Å². The first-order chi connectivity index (χ1) is 13.5. The zero-order valence-electron chi connectivity index (χ0n) is 17.7. The minimum Gasteiger partial charge on any atom is -0.458 e. The van der Waals surface area contributed by atoms with Crippen LogP contribution in [0.1, 0.15) is 66.2 Å². The van der Waals surface area contributed by atoms with Crippen LogP contribution in [0.4, 0.5) is 0 Å². The Kier molecular flexibility index (Phi) is 5.96. The van der Waals surface area contributed by atoms with Gasteiger partial charge in [-0.3, -0.25) is 10.1 Å². The molecule has 0 aromatic rings. The second-order valence-electron chi connectivity index (χ2n) is 9.27. The van der Waals surface area contributed by atoms with E-state index in [0.29, 0.717) is 44.1 Å². The molecule has 29 heavy (non-hydrogen) atoms. The van der Waals surface area contributed by atoms with Gasteiger partial charge in [-0.1, -0.05) is 18.7 Å². The number of esters is 2. The molecular weight excluding hydrogens is 376 g/mol. The van der Waals surface area contributed by atoms with E-state index in [1.54, 1.807) is 13.8 Å². The zero-order chi connectivity index (χ0) is 21.4. The highest BCUT2D eigenvalue weighted by Crippen LogP contribution is 2.47. The van der Waals surface area contributed by atoms with E-state index in [9.17, 15) is 14.8 Å². The van der Waals surface area contributed by atoms with Gasteiger partial charge in [0.15, 0.2) is 0 Å². The number of rotatable bonds is 2. The fourth-order valence-corrected chi connectivity index (χ4v) is 4.45. The summed E-state index contributed by atoms with van der Waals surface area (Å²) >= 11 is 0. The third kappa shape index (κ3) is 4.73. The molecule has 1 aliphatic carbocycles. The second kappa shape index (κ2) is 7.85. The van der Waals surface area contributed by atoms with Gasteiger partial charge >= 0.3 is 11.9 Å². The number of carbonyl (C=O) groups excluding carboxylic acids is 2. The van der Waals surface area contributed by atoms with Crippen LogP contribution < -0.4 is 0 Å². The number of fused-ring (bicyclic) bond motifs is 4. The summed E-state index contributed by atoms with van der Waals surface area (Å²) in [5, 5.41) is 9.49. The summed E-state index contributed by atoms with van der Waals surface area (Å²) in [5.74, 6) is -0.937. The second-order valence-corrected chi connectivity index (χ2v) is 9.27. The van der Waals surface area contributed by atoms with Gasteiger partial charge in [-0.15, -0.1) is 0 Å². The van der Waals surface area contributed by atoms with Crippen LogP contribution in [0.2, 0.25) is 0 Å². The van der Waals surface area contributed by atoms with Gasteiger partial charge in [0.2, 0.25) is 0 Å². The van der Waals surface area contributed by atoms with Crippen LogP contribution >= 0.6 is 0 Å². The van der Waals surface area contributed by atoms with Crippen LogP contribution in [-0.4, -0.2) is 46.2 Å². The van der Waals surface area contributed by atoms with Crippen LogP contribution in [0, 0.1) is 5.92 Å². The lowest BCUT2D eigenvalue weighted by molar-refractivity contribution is -0.305. The Bertz CT molecular complexity index is 716. The molecule has 3 aliphatic rings. The quantitative estimate of drug-likeness (QED) is 0.186. The van der Waals surface area contributed by atoms with Gasteiger partial charge in [0.25, 0.3) is 0 Å². The number of carbonyl (C=O) groups is 2. The van der Waals surface area contributed by atoms with Gasteiger partial charge in [-0.05, 0) is 65.2 Å². The molecule has 7 heteroatoms. The lowest BCUT2D eigenvalue weighted by Gasteiger charge is -2.36. The third-order valence-corrected chi connectivity index (χ3v) is 6.70. The summed E-state index contributed by atoms with van der Waals surface area (Å²) in [4.78, 5) is 29.3. The van der Waals surface area contributed by atoms with Gasteiger partial charge in [0.05, 0.1) is 11.7 Å². The standard InChI is InChI=1S/C22H32O7/c1-14-16-7-12-22(5,28-19(14)24)17(26-15(2)23)8-11-20(3,29-25)9-6-10-21(4)18(13-16)27-21/h6,9,16-18,25H,1,7-8,10-13H2,2-5H3/b9-6-/t16-,17-,18-,20+,21+,22-/m1/s1. The van der Waals surface area contributed by atoms with Crippen molar-refractivity contribution in [2.45, 2.75) is 95.2 Å². The first kappa shape index (κ1) is 22.0. The first-order valence-electron chi connectivity index (χ1n) is 10.3. The fraction of sp³-hybridized carbons (Fsp3) is 0.727. The molecule has 2 aliphatic heterocycles. The molecule has 0 spiro atoms. The predicted molar refractivity (Wildman–Crippen MR) is 105 cm³/mol. The van der Waals surface area contributed by atoms with Crippen LogP contribution in [0.5, 0.6) is 0 Å². The maximum absolute atomic E-state index is 12.8. The summed E-state index contributed by atoms with van der Waals surface area (Å²) in [5.41, 5.74) is -1.79. The molecule has 2 heterocycles. The number of epoxide rings is 1. The molecule has 0 aromatic heterocycles. The molecule has 0 radical (unpaired) electrons. The molecule has 6 atom stereocenters. The van der Waals surface area contributed by atoms with Crippen LogP contribution in [0.25, 0.3) is 0 Å². The van der Waals surface area contributed by atoms with Crippen LogP contribution in [-0.2, 0) is 28.7 Å². The molecular formula is C22H32O7. The lowest BCUT2D eigenvalue weighted by Crippen LogP contribution is -2.46.